The molecular weight excluding hydrogens is 586 g/mol. The number of carbonyl (C=O) groups excluding carboxylic acids is 1. The van der Waals surface area contributed by atoms with Gasteiger partial charge in [-0.25, -0.2) is 13.8 Å². The number of carbonyl (C=O) groups is 1. The van der Waals surface area contributed by atoms with E-state index in [9.17, 15) is 13.2 Å². The summed E-state index contributed by atoms with van der Waals surface area (Å²) in [7, 11) is 0.446. The van der Waals surface area contributed by atoms with E-state index in [2.05, 4.69) is 26.5 Å². The van der Waals surface area contributed by atoms with Crippen LogP contribution in [0.25, 0.3) is 0 Å². The second kappa shape index (κ2) is 12.9. The van der Waals surface area contributed by atoms with Crippen LogP contribution < -0.4 is 19.6 Å². The molecule has 3 aromatic carbocycles. The summed E-state index contributed by atoms with van der Waals surface area (Å²) >= 11 is 9.28. The van der Waals surface area contributed by atoms with Crippen molar-refractivity contribution in [1.29, 1.82) is 0 Å². The van der Waals surface area contributed by atoms with Crippen LogP contribution >= 0.6 is 27.5 Å². The predicted octanol–water partition coefficient (Wildman–Crippen LogP) is 4.47. The molecular formula is C25H25BrClN3O6S. The number of nitrogens with one attached hydrogen (secondary N) is 1. The number of sulfonamides is 1. The molecule has 0 aliphatic carbocycles. The summed E-state index contributed by atoms with van der Waals surface area (Å²) in [6, 6.07) is 16.2. The Balaban J connectivity index is 1.80. The zero-order valence-corrected chi connectivity index (χ0v) is 23.4. The lowest BCUT2D eigenvalue weighted by Crippen LogP contribution is -2.39. The van der Waals surface area contributed by atoms with Gasteiger partial charge in [0.1, 0.15) is 0 Å². The molecule has 3 aromatic rings. The van der Waals surface area contributed by atoms with Gasteiger partial charge in [-0.2, -0.15) is 9.41 Å². The number of methoxy groups -OCH3 is 3. The maximum absolute atomic E-state index is 13.4. The molecule has 0 heterocycles. The van der Waals surface area contributed by atoms with Gasteiger partial charge < -0.3 is 14.2 Å². The number of hydrogen-bond donors (Lipinski definition) is 1. The normalized spacial score (nSPS) is 11.5. The average molecular weight is 611 g/mol. The lowest BCUT2D eigenvalue weighted by atomic mass is 10.2. The highest BCUT2D eigenvalue weighted by Crippen LogP contribution is 2.37. The van der Waals surface area contributed by atoms with Crippen molar-refractivity contribution in [2.75, 3.05) is 27.9 Å². The number of rotatable bonds is 11. The molecule has 0 fully saturated rings. The highest BCUT2D eigenvalue weighted by molar-refractivity contribution is 9.10. The molecule has 196 valence electrons. The van der Waals surface area contributed by atoms with Gasteiger partial charge in [0.05, 0.1) is 39.0 Å². The first-order chi connectivity index (χ1) is 17.7. The van der Waals surface area contributed by atoms with E-state index in [1.807, 2.05) is 0 Å². The molecule has 0 aliphatic heterocycles. The van der Waals surface area contributed by atoms with Crippen molar-refractivity contribution in [2.24, 2.45) is 5.10 Å². The molecule has 1 N–H and O–H groups in total. The minimum Gasteiger partial charge on any atom is -0.493 e. The van der Waals surface area contributed by atoms with Crippen LogP contribution in [-0.4, -0.2) is 52.7 Å². The molecule has 0 saturated heterocycles. The first kappa shape index (κ1) is 28.5. The Bertz CT molecular complexity index is 1340. The predicted molar refractivity (Wildman–Crippen MR) is 145 cm³/mol. The van der Waals surface area contributed by atoms with Crippen molar-refractivity contribution in [3.05, 3.63) is 81.3 Å². The molecule has 0 saturated carbocycles. The minimum absolute atomic E-state index is 0.0164. The zero-order valence-electron chi connectivity index (χ0n) is 20.3. The molecule has 0 unspecified atom stereocenters. The zero-order chi connectivity index (χ0) is 27.0. The van der Waals surface area contributed by atoms with E-state index in [1.165, 1.54) is 51.8 Å². The van der Waals surface area contributed by atoms with E-state index >= 15 is 0 Å². The van der Waals surface area contributed by atoms with Gasteiger partial charge in [-0.15, -0.1) is 0 Å². The molecule has 0 atom stereocenters. The number of hydrogen-bond acceptors (Lipinski definition) is 7. The fourth-order valence-corrected chi connectivity index (χ4v) is 5.10. The van der Waals surface area contributed by atoms with Crippen LogP contribution in [0.2, 0.25) is 5.02 Å². The van der Waals surface area contributed by atoms with E-state index in [1.54, 1.807) is 36.4 Å². The van der Waals surface area contributed by atoms with Crippen LogP contribution in [0.15, 0.2) is 75.1 Å². The standard InChI is InChI=1S/C25H25BrClN3O6S/c1-34-22-12-18(13-23(35-2)25(22)36-3)14-28-29-24(31)16-30(15-17-4-6-19(26)7-5-17)37(32,33)21-10-8-20(27)9-11-21/h4-14H,15-16H2,1-3H3,(H,29,31)/b28-14-. The Morgan fingerprint density at radius 2 is 1.59 bits per heavy atom. The Kier molecular flexibility index (Phi) is 9.93. The Morgan fingerprint density at radius 3 is 2.14 bits per heavy atom. The molecule has 12 heteroatoms. The van der Waals surface area contributed by atoms with E-state index in [0.717, 1.165) is 8.78 Å². The smallest absolute Gasteiger partial charge is 0.255 e. The van der Waals surface area contributed by atoms with E-state index in [0.29, 0.717) is 33.4 Å². The maximum atomic E-state index is 13.4. The summed E-state index contributed by atoms with van der Waals surface area (Å²) in [5.74, 6) is 0.634. The number of hydrazone groups is 1. The summed E-state index contributed by atoms with van der Waals surface area (Å²) in [6.07, 6.45) is 1.38. The molecule has 0 bridgehead atoms. The highest BCUT2D eigenvalue weighted by Gasteiger charge is 2.27. The van der Waals surface area contributed by atoms with E-state index < -0.39 is 22.5 Å². The second-order valence-corrected chi connectivity index (χ2v) is 10.9. The first-order valence-corrected chi connectivity index (χ1v) is 13.4. The molecule has 0 aliphatic rings. The van der Waals surface area contributed by atoms with Gasteiger partial charge in [-0.05, 0) is 54.1 Å². The van der Waals surface area contributed by atoms with E-state index in [-0.39, 0.29) is 11.4 Å². The van der Waals surface area contributed by atoms with Gasteiger partial charge in [0.25, 0.3) is 5.91 Å². The number of amides is 1. The quantitative estimate of drug-likeness (QED) is 0.254. The van der Waals surface area contributed by atoms with Gasteiger partial charge in [-0.1, -0.05) is 39.7 Å². The Labute approximate surface area is 229 Å². The molecule has 37 heavy (non-hydrogen) atoms. The van der Waals surface area contributed by atoms with Gasteiger partial charge >= 0.3 is 0 Å². The van der Waals surface area contributed by atoms with Crippen LogP contribution in [0.3, 0.4) is 0 Å². The number of benzene rings is 3. The topological polar surface area (TPSA) is 107 Å². The first-order valence-electron chi connectivity index (χ1n) is 10.8. The minimum atomic E-state index is -4.02. The summed E-state index contributed by atoms with van der Waals surface area (Å²) < 4.78 is 44.6. The van der Waals surface area contributed by atoms with Gasteiger partial charge in [-0.3, -0.25) is 4.79 Å². The monoisotopic (exact) mass is 609 g/mol. The largest absolute Gasteiger partial charge is 0.493 e. The fraction of sp³-hybridized carbons (Fsp3) is 0.200. The van der Waals surface area contributed by atoms with Gasteiger partial charge in [0.2, 0.25) is 15.8 Å². The number of ether oxygens (including phenoxy) is 3. The number of halogens is 2. The van der Waals surface area contributed by atoms with Crippen LogP contribution in [0.1, 0.15) is 11.1 Å². The average Bonchev–Trinajstić information content (AvgIpc) is 2.89. The summed E-state index contributed by atoms with van der Waals surface area (Å²) in [5, 5.41) is 4.36. The molecule has 0 aromatic heterocycles. The van der Waals surface area contributed by atoms with Crippen molar-refractivity contribution >= 4 is 49.7 Å². The van der Waals surface area contributed by atoms with E-state index in [4.69, 9.17) is 25.8 Å². The summed E-state index contributed by atoms with van der Waals surface area (Å²) in [6.45, 7) is -0.490. The fourth-order valence-electron chi connectivity index (χ4n) is 3.33. The third kappa shape index (κ3) is 7.45. The van der Waals surface area contributed by atoms with Crippen LogP contribution in [0.4, 0.5) is 0 Å². The molecule has 0 radical (unpaired) electrons. The Hall–Kier alpha value is -3.12. The highest BCUT2D eigenvalue weighted by atomic mass is 79.9. The van der Waals surface area contributed by atoms with Crippen molar-refractivity contribution in [3.8, 4) is 17.2 Å². The number of nitrogens with zero attached hydrogens (tertiary/aromatic N) is 2. The lowest BCUT2D eigenvalue weighted by Gasteiger charge is -2.21. The maximum Gasteiger partial charge on any atom is 0.255 e. The molecule has 0 spiro atoms. The molecule has 9 nitrogen and oxygen atoms in total. The van der Waals surface area contributed by atoms with Gasteiger partial charge in [0, 0.05) is 21.6 Å². The lowest BCUT2D eigenvalue weighted by molar-refractivity contribution is -0.121. The molecule has 3 rings (SSSR count). The van der Waals surface area contributed by atoms with Crippen molar-refractivity contribution in [3.63, 3.8) is 0 Å². The summed E-state index contributed by atoms with van der Waals surface area (Å²) in [5.41, 5.74) is 3.64. The van der Waals surface area contributed by atoms with Crippen LogP contribution in [-0.2, 0) is 21.4 Å². The Morgan fingerprint density at radius 1 is 1.00 bits per heavy atom. The molecule has 1 amide bonds. The van der Waals surface area contributed by atoms with Crippen LogP contribution in [0, 0.1) is 0 Å². The summed E-state index contributed by atoms with van der Waals surface area (Å²) in [4.78, 5) is 12.8. The SMILES string of the molecule is COc1cc(/C=N\NC(=O)CN(Cc2ccc(Br)cc2)S(=O)(=O)c2ccc(Cl)cc2)cc(OC)c1OC. The van der Waals surface area contributed by atoms with Crippen molar-refractivity contribution in [2.45, 2.75) is 11.4 Å². The third-order valence-corrected chi connectivity index (χ3v) is 7.72. The van der Waals surface area contributed by atoms with Crippen LogP contribution in [0.5, 0.6) is 17.2 Å². The second-order valence-electron chi connectivity index (χ2n) is 7.61. The third-order valence-electron chi connectivity index (χ3n) is 5.13. The van der Waals surface area contributed by atoms with Crippen molar-refractivity contribution < 1.29 is 27.4 Å². The van der Waals surface area contributed by atoms with Crippen molar-refractivity contribution in [1.82, 2.24) is 9.73 Å². The van der Waals surface area contributed by atoms with Gasteiger partial charge in [0.15, 0.2) is 11.5 Å².